The predicted octanol–water partition coefficient (Wildman–Crippen LogP) is 3.64. The van der Waals surface area contributed by atoms with Gasteiger partial charge in [-0.2, -0.15) is 0 Å². The second kappa shape index (κ2) is 13.8. The van der Waals surface area contributed by atoms with Crippen LogP contribution >= 0.6 is 24.0 Å². The molecule has 0 heterocycles. The quantitative estimate of drug-likeness (QED) is 0.278. The number of rotatable bonds is 10. The highest BCUT2D eigenvalue weighted by atomic mass is 127. The van der Waals surface area contributed by atoms with Crippen molar-refractivity contribution in [2.45, 2.75) is 19.9 Å². The zero-order valence-electron chi connectivity index (χ0n) is 18.3. The van der Waals surface area contributed by atoms with Crippen molar-refractivity contribution in [3.63, 3.8) is 0 Å². The van der Waals surface area contributed by atoms with E-state index in [1.165, 1.54) is 0 Å². The summed E-state index contributed by atoms with van der Waals surface area (Å²) in [5.74, 6) is 3.82. The monoisotopic (exact) mass is 529 g/mol. The molecule has 0 aliphatic carbocycles. The first-order valence-corrected chi connectivity index (χ1v) is 9.59. The van der Waals surface area contributed by atoms with E-state index in [-0.39, 0.29) is 24.0 Å². The molecule has 0 aliphatic rings. The molecule has 0 unspecified atom stereocenters. The summed E-state index contributed by atoms with van der Waals surface area (Å²) >= 11 is 0. The number of benzene rings is 2. The number of guanidine groups is 1. The highest BCUT2D eigenvalue weighted by Gasteiger charge is 2.07. The normalized spacial score (nSPS) is 10.6. The van der Waals surface area contributed by atoms with E-state index in [2.05, 4.69) is 15.6 Å². The van der Waals surface area contributed by atoms with Crippen LogP contribution in [0.1, 0.15) is 18.1 Å². The van der Waals surface area contributed by atoms with E-state index in [0.717, 1.165) is 41.6 Å². The molecule has 0 amide bonds. The molecule has 0 radical (unpaired) electrons. The van der Waals surface area contributed by atoms with Crippen molar-refractivity contribution in [2.24, 2.45) is 4.99 Å². The van der Waals surface area contributed by atoms with Crippen molar-refractivity contribution in [3.05, 3.63) is 47.5 Å². The first-order valence-electron chi connectivity index (χ1n) is 9.59. The molecule has 0 bridgehead atoms. The largest absolute Gasteiger partial charge is 0.497 e. The van der Waals surface area contributed by atoms with E-state index in [1.54, 1.807) is 28.4 Å². The summed E-state index contributed by atoms with van der Waals surface area (Å²) in [5.41, 5.74) is 2.12. The molecule has 7 nitrogen and oxygen atoms in total. The SMILES string of the molecule is CCNC(=NCc1ccc(OC)c(OC)c1)NCCc1cc(OC)ccc1OC.I. The molecule has 0 spiro atoms. The Morgan fingerprint density at radius 2 is 1.53 bits per heavy atom. The molecule has 0 saturated carbocycles. The Balaban J connectivity index is 0.00000450. The molecular weight excluding hydrogens is 497 g/mol. The van der Waals surface area contributed by atoms with Crippen molar-refractivity contribution in [1.82, 2.24) is 10.6 Å². The lowest BCUT2D eigenvalue weighted by Crippen LogP contribution is -2.38. The summed E-state index contributed by atoms with van der Waals surface area (Å²) in [5, 5.41) is 6.63. The van der Waals surface area contributed by atoms with Crippen LogP contribution in [0, 0.1) is 0 Å². The maximum Gasteiger partial charge on any atom is 0.191 e. The van der Waals surface area contributed by atoms with E-state index in [4.69, 9.17) is 18.9 Å². The van der Waals surface area contributed by atoms with Crippen molar-refractivity contribution in [3.8, 4) is 23.0 Å². The number of nitrogens with zero attached hydrogens (tertiary/aromatic N) is 1. The molecular formula is C22H32IN3O4. The lowest BCUT2D eigenvalue weighted by Gasteiger charge is -2.14. The Kier molecular flexibility index (Phi) is 11.8. The van der Waals surface area contributed by atoms with Gasteiger partial charge in [0, 0.05) is 13.1 Å². The number of hydrogen-bond donors (Lipinski definition) is 2. The summed E-state index contributed by atoms with van der Waals surface area (Å²) in [7, 11) is 6.59. The first-order chi connectivity index (χ1) is 14.1. The molecule has 2 rings (SSSR count). The highest BCUT2D eigenvalue weighted by Crippen LogP contribution is 2.27. The van der Waals surface area contributed by atoms with E-state index >= 15 is 0 Å². The summed E-state index contributed by atoms with van der Waals surface area (Å²) in [6.07, 6.45) is 0.779. The van der Waals surface area contributed by atoms with Gasteiger partial charge in [0.05, 0.1) is 35.0 Å². The van der Waals surface area contributed by atoms with Gasteiger partial charge in [-0.1, -0.05) is 6.07 Å². The summed E-state index contributed by atoms with van der Waals surface area (Å²) in [4.78, 5) is 4.66. The van der Waals surface area contributed by atoms with E-state index < -0.39 is 0 Å². The molecule has 0 atom stereocenters. The number of ether oxygens (including phenoxy) is 4. The van der Waals surface area contributed by atoms with Gasteiger partial charge in [0.2, 0.25) is 0 Å². The molecule has 0 saturated heterocycles. The highest BCUT2D eigenvalue weighted by molar-refractivity contribution is 14.0. The van der Waals surface area contributed by atoms with Crippen molar-refractivity contribution in [2.75, 3.05) is 41.5 Å². The Labute approximate surface area is 196 Å². The predicted molar refractivity (Wildman–Crippen MR) is 131 cm³/mol. The standard InChI is InChI=1S/C22H31N3O4.HI/c1-6-23-22(25-15-16-7-9-20(28-4)21(13-16)29-5)24-12-11-17-14-18(26-2)8-10-19(17)27-3;/h7-10,13-14H,6,11-12,15H2,1-5H3,(H2,23,24,25);1H. The van der Waals surface area contributed by atoms with Crippen LogP contribution in [0.4, 0.5) is 0 Å². The van der Waals surface area contributed by atoms with Crippen molar-refractivity contribution < 1.29 is 18.9 Å². The number of hydrogen-bond acceptors (Lipinski definition) is 5. The second-order valence-corrected chi connectivity index (χ2v) is 6.24. The van der Waals surface area contributed by atoms with E-state index in [0.29, 0.717) is 24.6 Å². The Morgan fingerprint density at radius 1 is 0.833 bits per heavy atom. The molecule has 0 aromatic heterocycles. The van der Waals surface area contributed by atoms with Gasteiger partial charge < -0.3 is 29.6 Å². The van der Waals surface area contributed by atoms with Gasteiger partial charge in [-0.15, -0.1) is 24.0 Å². The van der Waals surface area contributed by atoms with Crippen LogP contribution in [0.2, 0.25) is 0 Å². The lowest BCUT2D eigenvalue weighted by molar-refractivity contribution is 0.354. The summed E-state index contributed by atoms with van der Waals surface area (Å²) < 4.78 is 21.4. The van der Waals surface area contributed by atoms with Crippen molar-refractivity contribution in [1.29, 1.82) is 0 Å². The third-order valence-corrected chi connectivity index (χ3v) is 4.39. The maximum absolute atomic E-state index is 5.44. The minimum absolute atomic E-state index is 0. The number of nitrogens with one attached hydrogen (secondary N) is 2. The van der Waals surface area contributed by atoms with Crippen LogP contribution in [-0.2, 0) is 13.0 Å². The Morgan fingerprint density at radius 3 is 2.17 bits per heavy atom. The molecule has 2 N–H and O–H groups in total. The number of methoxy groups -OCH3 is 4. The smallest absolute Gasteiger partial charge is 0.191 e. The van der Waals surface area contributed by atoms with Crippen LogP contribution in [0.5, 0.6) is 23.0 Å². The summed E-state index contributed by atoms with van der Waals surface area (Å²) in [6.45, 7) is 4.05. The molecule has 30 heavy (non-hydrogen) atoms. The van der Waals surface area contributed by atoms with Gasteiger partial charge in [-0.05, 0) is 54.8 Å². The average molecular weight is 529 g/mol. The fraction of sp³-hybridized carbons (Fsp3) is 0.409. The van der Waals surface area contributed by atoms with Crippen LogP contribution in [0.25, 0.3) is 0 Å². The number of aliphatic imine (C=N–C) groups is 1. The molecule has 2 aromatic carbocycles. The van der Waals surface area contributed by atoms with Gasteiger partial charge in [-0.3, -0.25) is 0 Å². The van der Waals surface area contributed by atoms with Gasteiger partial charge in [-0.25, -0.2) is 4.99 Å². The molecule has 8 heteroatoms. The third kappa shape index (κ3) is 7.47. The maximum atomic E-state index is 5.44. The van der Waals surface area contributed by atoms with Crippen LogP contribution in [0.15, 0.2) is 41.4 Å². The van der Waals surface area contributed by atoms with Gasteiger partial charge in [0.15, 0.2) is 17.5 Å². The topological polar surface area (TPSA) is 73.3 Å². The van der Waals surface area contributed by atoms with E-state index in [9.17, 15) is 0 Å². The fourth-order valence-electron chi connectivity index (χ4n) is 2.88. The Bertz CT molecular complexity index is 815. The third-order valence-electron chi connectivity index (χ3n) is 4.39. The number of halogens is 1. The zero-order chi connectivity index (χ0) is 21.1. The average Bonchev–Trinajstić information content (AvgIpc) is 2.76. The molecule has 2 aromatic rings. The molecule has 0 aliphatic heterocycles. The van der Waals surface area contributed by atoms with Gasteiger partial charge >= 0.3 is 0 Å². The molecule has 166 valence electrons. The van der Waals surface area contributed by atoms with Crippen LogP contribution in [0.3, 0.4) is 0 Å². The van der Waals surface area contributed by atoms with Crippen LogP contribution < -0.4 is 29.6 Å². The summed E-state index contributed by atoms with van der Waals surface area (Å²) in [6, 6.07) is 11.6. The van der Waals surface area contributed by atoms with Crippen LogP contribution in [-0.4, -0.2) is 47.5 Å². The fourth-order valence-corrected chi connectivity index (χ4v) is 2.88. The minimum atomic E-state index is 0. The zero-order valence-corrected chi connectivity index (χ0v) is 20.6. The van der Waals surface area contributed by atoms with Gasteiger partial charge in [0.25, 0.3) is 0 Å². The first kappa shape index (κ1) is 25.7. The second-order valence-electron chi connectivity index (χ2n) is 6.24. The lowest BCUT2D eigenvalue weighted by atomic mass is 10.1. The molecule has 0 fully saturated rings. The van der Waals surface area contributed by atoms with Crippen molar-refractivity contribution >= 4 is 29.9 Å². The Hall–Kier alpha value is -2.36. The van der Waals surface area contributed by atoms with Gasteiger partial charge in [0.1, 0.15) is 11.5 Å². The minimum Gasteiger partial charge on any atom is -0.497 e. The van der Waals surface area contributed by atoms with E-state index in [1.807, 2.05) is 43.3 Å².